The molecule has 0 fully saturated rings. The number of hydrogen-bond acceptors (Lipinski definition) is 4. The van der Waals surface area contributed by atoms with Gasteiger partial charge in [0.1, 0.15) is 0 Å². The summed E-state index contributed by atoms with van der Waals surface area (Å²) in [7, 11) is 0. The number of aryl methyl sites for hydroxylation is 1. The number of carbonyl (C=O) groups is 2. The minimum Gasteiger partial charge on any atom is -0.478 e. The average molecular weight is 314 g/mol. The van der Waals surface area contributed by atoms with Gasteiger partial charge >= 0.3 is 5.97 Å². The van der Waals surface area contributed by atoms with E-state index in [4.69, 9.17) is 5.11 Å². The molecule has 0 aliphatic carbocycles. The Labute approximate surface area is 131 Å². The first-order valence-electron chi connectivity index (χ1n) is 6.82. The van der Waals surface area contributed by atoms with Gasteiger partial charge in [-0.1, -0.05) is 18.2 Å². The van der Waals surface area contributed by atoms with Crippen LogP contribution in [0.25, 0.3) is 0 Å². The maximum Gasteiger partial charge on any atom is 0.335 e. The van der Waals surface area contributed by atoms with E-state index in [2.05, 4.69) is 5.32 Å². The quantitative estimate of drug-likeness (QED) is 0.629. The molecule has 118 valence electrons. The van der Waals surface area contributed by atoms with Crippen LogP contribution in [-0.4, -0.2) is 21.9 Å². The Morgan fingerprint density at radius 3 is 2.57 bits per heavy atom. The summed E-state index contributed by atoms with van der Waals surface area (Å²) in [5, 5.41) is 22.2. The summed E-state index contributed by atoms with van der Waals surface area (Å²) in [6.45, 7) is 0. The number of nitro groups is 1. The molecule has 0 heterocycles. The summed E-state index contributed by atoms with van der Waals surface area (Å²) in [6, 6.07) is 12.0. The molecule has 0 unspecified atom stereocenters. The van der Waals surface area contributed by atoms with E-state index >= 15 is 0 Å². The smallest absolute Gasteiger partial charge is 0.335 e. The van der Waals surface area contributed by atoms with Gasteiger partial charge in [-0.2, -0.15) is 0 Å². The van der Waals surface area contributed by atoms with Crippen molar-refractivity contribution in [3.63, 3.8) is 0 Å². The molecule has 1 amide bonds. The summed E-state index contributed by atoms with van der Waals surface area (Å²) >= 11 is 0. The van der Waals surface area contributed by atoms with Gasteiger partial charge in [-0.25, -0.2) is 4.79 Å². The number of hydrogen-bond donors (Lipinski definition) is 2. The van der Waals surface area contributed by atoms with Gasteiger partial charge in [0, 0.05) is 24.2 Å². The third-order valence-corrected chi connectivity index (χ3v) is 3.16. The highest BCUT2D eigenvalue weighted by molar-refractivity contribution is 5.93. The highest BCUT2D eigenvalue weighted by Crippen LogP contribution is 2.15. The Bertz CT molecular complexity index is 758. The Morgan fingerprint density at radius 1 is 1.13 bits per heavy atom. The average Bonchev–Trinajstić information content (AvgIpc) is 2.53. The SMILES string of the molecule is O=C(CCc1cccc([N+](=O)[O-])c1)Nc1cccc(C(=O)O)c1. The van der Waals surface area contributed by atoms with E-state index in [1.165, 1.54) is 24.3 Å². The van der Waals surface area contributed by atoms with Crippen molar-refractivity contribution in [2.75, 3.05) is 5.32 Å². The molecular formula is C16H14N2O5. The van der Waals surface area contributed by atoms with Crippen molar-refractivity contribution < 1.29 is 19.6 Å². The third kappa shape index (κ3) is 4.63. The minimum atomic E-state index is -1.07. The lowest BCUT2D eigenvalue weighted by atomic mass is 10.1. The van der Waals surface area contributed by atoms with E-state index in [9.17, 15) is 19.7 Å². The Morgan fingerprint density at radius 2 is 1.87 bits per heavy atom. The summed E-state index contributed by atoms with van der Waals surface area (Å²) in [5.41, 5.74) is 1.15. The van der Waals surface area contributed by atoms with Crippen LogP contribution in [0.1, 0.15) is 22.3 Å². The molecule has 2 aromatic rings. The summed E-state index contributed by atoms with van der Waals surface area (Å²) in [5.74, 6) is -1.36. The first-order chi connectivity index (χ1) is 11.0. The predicted molar refractivity (Wildman–Crippen MR) is 83.4 cm³/mol. The van der Waals surface area contributed by atoms with Crippen LogP contribution in [0.3, 0.4) is 0 Å². The van der Waals surface area contributed by atoms with E-state index in [1.54, 1.807) is 24.3 Å². The lowest BCUT2D eigenvalue weighted by molar-refractivity contribution is -0.384. The molecule has 0 aliphatic heterocycles. The van der Waals surface area contributed by atoms with Crippen molar-refractivity contribution >= 4 is 23.3 Å². The number of aromatic carboxylic acids is 1. The number of carbonyl (C=O) groups excluding carboxylic acids is 1. The molecule has 2 N–H and O–H groups in total. The topological polar surface area (TPSA) is 110 Å². The second kappa shape index (κ2) is 7.17. The Hall–Kier alpha value is -3.22. The highest BCUT2D eigenvalue weighted by Gasteiger charge is 2.09. The van der Waals surface area contributed by atoms with Crippen LogP contribution in [0.2, 0.25) is 0 Å². The third-order valence-electron chi connectivity index (χ3n) is 3.16. The van der Waals surface area contributed by atoms with Gasteiger partial charge in [0.25, 0.3) is 5.69 Å². The molecule has 0 saturated carbocycles. The second-order valence-electron chi connectivity index (χ2n) is 4.86. The van der Waals surface area contributed by atoms with Gasteiger partial charge in [-0.15, -0.1) is 0 Å². The Kier molecular flexibility index (Phi) is 5.03. The van der Waals surface area contributed by atoms with Crippen molar-refractivity contribution in [1.82, 2.24) is 0 Å². The molecule has 0 atom stereocenters. The van der Waals surface area contributed by atoms with Crippen LogP contribution in [-0.2, 0) is 11.2 Å². The fourth-order valence-electron chi connectivity index (χ4n) is 2.04. The normalized spacial score (nSPS) is 10.1. The Balaban J connectivity index is 1.95. The molecule has 0 saturated heterocycles. The number of rotatable bonds is 6. The lowest BCUT2D eigenvalue weighted by Crippen LogP contribution is -2.12. The maximum absolute atomic E-state index is 11.9. The van der Waals surface area contributed by atoms with Gasteiger partial charge in [0.05, 0.1) is 10.5 Å². The molecule has 7 nitrogen and oxygen atoms in total. The van der Waals surface area contributed by atoms with Crippen LogP contribution >= 0.6 is 0 Å². The van der Waals surface area contributed by atoms with Crippen molar-refractivity contribution in [1.29, 1.82) is 0 Å². The highest BCUT2D eigenvalue weighted by atomic mass is 16.6. The van der Waals surface area contributed by atoms with Crippen molar-refractivity contribution in [2.24, 2.45) is 0 Å². The van der Waals surface area contributed by atoms with Crippen LogP contribution in [0.4, 0.5) is 11.4 Å². The molecule has 2 rings (SSSR count). The van der Waals surface area contributed by atoms with Crippen molar-refractivity contribution in [2.45, 2.75) is 12.8 Å². The first-order valence-corrected chi connectivity index (χ1v) is 6.82. The number of benzene rings is 2. The minimum absolute atomic E-state index is 0.0166. The number of amides is 1. The number of non-ortho nitro benzene ring substituents is 1. The zero-order valence-electron chi connectivity index (χ0n) is 12.1. The molecule has 0 aliphatic rings. The largest absolute Gasteiger partial charge is 0.478 e. The monoisotopic (exact) mass is 314 g/mol. The molecule has 7 heteroatoms. The van der Waals surface area contributed by atoms with Gasteiger partial charge in [-0.05, 0) is 30.2 Å². The van der Waals surface area contributed by atoms with Crippen molar-refractivity contribution in [3.05, 3.63) is 69.8 Å². The van der Waals surface area contributed by atoms with E-state index in [0.717, 1.165) is 0 Å². The number of nitro benzene ring substituents is 1. The summed E-state index contributed by atoms with van der Waals surface area (Å²) in [4.78, 5) is 33.0. The molecule has 0 radical (unpaired) electrons. The molecule has 23 heavy (non-hydrogen) atoms. The molecular weight excluding hydrogens is 300 g/mol. The summed E-state index contributed by atoms with van der Waals surface area (Å²) < 4.78 is 0. The molecule has 0 bridgehead atoms. The van der Waals surface area contributed by atoms with E-state index in [-0.39, 0.29) is 23.6 Å². The van der Waals surface area contributed by atoms with Gasteiger partial charge < -0.3 is 10.4 Å². The predicted octanol–water partition coefficient (Wildman–Crippen LogP) is 2.86. The molecule has 0 spiro atoms. The zero-order valence-corrected chi connectivity index (χ0v) is 12.1. The number of carboxylic acids is 1. The molecule has 0 aromatic heterocycles. The maximum atomic E-state index is 11.9. The van der Waals surface area contributed by atoms with E-state index in [0.29, 0.717) is 17.7 Å². The first kappa shape index (κ1) is 16.2. The number of nitrogens with zero attached hydrogens (tertiary/aromatic N) is 1. The van der Waals surface area contributed by atoms with Crippen molar-refractivity contribution in [3.8, 4) is 0 Å². The van der Waals surface area contributed by atoms with Crippen LogP contribution in [0.5, 0.6) is 0 Å². The standard InChI is InChI=1S/C16H14N2O5/c19-15(17-13-5-2-4-12(10-13)16(20)21)8-7-11-3-1-6-14(9-11)18(22)23/h1-6,9-10H,7-8H2,(H,17,19)(H,20,21). The van der Waals surface area contributed by atoms with Crippen LogP contribution in [0.15, 0.2) is 48.5 Å². The second-order valence-corrected chi connectivity index (χ2v) is 4.86. The lowest BCUT2D eigenvalue weighted by Gasteiger charge is -2.06. The number of carboxylic acid groups (broad SMARTS) is 1. The summed E-state index contributed by atoms with van der Waals surface area (Å²) in [6.07, 6.45) is 0.491. The van der Waals surface area contributed by atoms with Crippen LogP contribution < -0.4 is 5.32 Å². The van der Waals surface area contributed by atoms with E-state index in [1.807, 2.05) is 0 Å². The van der Waals surface area contributed by atoms with E-state index < -0.39 is 10.9 Å². The van der Waals surface area contributed by atoms with Crippen LogP contribution in [0, 0.1) is 10.1 Å². The number of nitrogens with one attached hydrogen (secondary N) is 1. The fraction of sp³-hybridized carbons (Fsp3) is 0.125. The molecule has 2 aromatic carbocycles. The zero-order chi connectivity index (χ0) is 16.8. The fourth-order valence-corrected chi connectivity index (χ4v) is 2.04. The van der Waals surface area contributed by atoms with Gasteiger partial charge in [-0.3, -0.25) is 14.9 Å². The van der Waals surface area contributed by atoms with Gasteiger partial charge in [0.2, 0.25) is 5.91 Å². The van der Waals surface area contributed by atoms with Gasteiger partial charge in [0.15, 0.2) is 0 Å². The number of anilines is 1.